The molecule has 0 aliphatic heterocycles. The molecule has 1 amide bonds. The molecule has 6 heteroatoms. The van der Waals surface area contributed by atoms with Gasteiger partial charge in [0.05, 0.1) is 25.4 Å². The van der Waals surface area contributed by atoms with Gasteiger partial charge in [-0.15, -0.1) is 0 Å². The van der Waals surface area contributed by atoms with Crippen LogP contribution in [0.5, 0.6) is 0 Å². The molecule has 0 saturated carbocycles. The molecule has 77 heavy (non-hydrogen) atoms. The number of allylic oxidation sites excluding steroid dienone is 7. The fraction of sp³-hybridized carbons (Fsp3) is 0.859. The first kappa shape index (κ1) is 74.8. The molecule has 0 aromatic carbocycles. The predicted octanol–water partition coefficient (Wildman–Crippen LogP) is 22.1. The van der Waals surface area contributed by atoms with E-state index in [1.165, 1.54) is 289 Å². The number of amides is 1. The van der Waals surface area contributed by atoms with Crippen molar-refractivity contribution in [3.8, 4) is 0 Å². The fourth-order valence-electron chi connectivity index (χ4n) is 10.5. The third kappa shape index (κ3) is 62.9. The SMILES string of the molecule is CCCCCCCC/C=C\CCCCCCCC(=O)OCCCCCCCCCCCCC/C=C\C/C=C\CCCCCCCCCCCCCCCCCCCC(=O)NC(CO)C(O)/C=C/CCCCCCCCCC. The molecular weight excluding hydrogens is 947 g/mol. The molecule has 2 atom stereocenters. The Morgan fingerprint density at radius 3 is 1.00 bits per heavy atom. The maximum absolute atomic E-state index is 12.4. The first-order valence-electron chi connectivity index (χ1n) is 34.4. The summed E-state index contributed by atoms with van der Waals surface area (Å²) in [6.45, 7) is 4.89. The first-order valence-corrected chi connectivity index (χ1v) is 34.4. The molecule has 452 valence electrons. The van der Waals surface area contributed by atoms with Gasteiger partial charge in [-0.3, -0.25) is 9.59 Å². The summed E-state index contributed by atoms with van der Waals surface area (Å²) < 4.78 is 5.49. The summed E-state index contributed by atoms with van der Waals surface area (Å²) in [5.74, 6) is -0.0583. The molecule has 0 rings (SSSR count). The van der Waals surface area contributed by atoms with Crippen molar-refractivity contribution in [1.82, 2.24) is 5.32 Å². The van der Waals surface area contributed by atoms with E-state index in [9.17, 15) is 19.8 Å². The molecule has 0 saturated heterocycles. The lowest BCUT2D eigenvalue weighted by molar-refractivity contribution is -0.143. The monoisotopic (exact) mass is 1080 g/mol. The second-order valence-electron chi connectivity index (χ2n) is 23.5. The van der Waals surface area contributed by atoms with Crippen LogP contribution in [0.25, 0.3) is 0 Å². The number of rotatable bonds is 64. The summed E-state index contributed by atoms with van der Waals surface area (Å²) in [6, 6.07) is -0.625. The standard InChI is InChI=1S/C71H133NO5/c1-3-5-7-9-11-13-15-16-38-42-45-49-53-57-61-65-71(76)77-66-62-58-54-50-46-43-40-37-35-33-31-29-27-25-23-21-19-17-18-20-22-24-26-28-30-32-34-36-39-41-44-48-52-56-60-64-70(75)72-68(67-73)69(74)63-59-55-51-47-14-12-10-8-6-4-2/h16,19,21,25,27,38,59,63,68-69,73-74H,3-15,17-18,20,22-24,26,28-37,39-58,60-62,64-67H2,1-2H3,(H,72,75)/b21-19-,27-25-,38-16-,63-59+. The topological polar surface area (TPSA) is 95.9 Å². The molecule has 0 radical (unpaired) electrons. The molecular formula is C71H133NO5. The molecule has 0 heterocycles. The van der Waals surface area contributed by atoms with Gasteiger partial charge in [0.2, 0.25) is 5.91 Å². The highest BCUT2D eigenvalue weighted by molar-refractivity contribution is 5.76. The Kier molecular flexibility index (Phi) is 64.5. The molecule has 0 spiro atoms. The number of aliphatic hydroxyl groups is 2. The largest absolute Gasteiger partial charge is 0.466 e. The smallest absolute Gasteiger partial charge is 0.305 e. The van der Waals surface area contributed by atoms with Gasteiger partial charge in [0.25, 0.3) is 0 Å². The van der Waals surface area contributed by atoms with E-state index in [0.717, 1.165) is 51.4 Å². The lowest BCUT2D eigenvalue weighted by atomic mass is 10.0. The van der Waals surface area contributed by atoms with Crippen LogP contribution in [-0.4, -0.2) is 47.4 Å². The minimum atomic E-state index is -0.841. The number of unbranched alkanes of at least 4 members (excludes halogenated alkanes) is 47. The zero-order valence-electron chi connectivity index (χ0n) is 51.7. The second-order valence-corrected chi connectivity index (χ2v) is 23.5. The van der Waals surface area contributed by atoms with Crippen LogP contribution in [0.2, 0.25) is 0 Å². The van der Waals surface area contributed by atoms with Crippen molar-refractivity contribution in [2.24, 2.45) is 0 Å². The maximum Gasteiger partial charge on any atom is 0.305 e. The van der Waals surface area contributed by atoms with E-state index in [1.807, 2.05) is 6.08 Å². The van der Waals surface area contributed by atoms with Crippen molar-refractivity contribution in [2.45, 2.75) is 379 Å². The quantitative estimate of drug-likeness (QED) is 0.0320. The molecule has 2 unspecified atom stereocenters. The lowest BCUT2D eigenvalue weighted by Gasteiger charge is -2.20. The molecule has 3 N–H and O–H groups in total. The Hall–Kier alpha value is -2.18. The second kappa shape index (κ2) is 66.3. The minimum absolute atomic E-state index is 0.00852. The number of nitrogens with one attached hydrogen (secondary N) is 1. The van der Waals surface area contributed by atoms with Gasteiger partial charge < -0.3 is 20.3 Å². The summed E-state index contributed by atoms with van der Waals surface area (Å²) in [6.07, 6.45) is 86.3. The molecule has 0 aliphatic rings. The zero-order chi connectivity index (χ0) is 55.7. The van der Waals surface area contributed by atoms with Crippen LogP contribution >= 0.6 is 0 Å². The number of hydrogen-bond donors (Lipinski definition) is 3. The van der Waals surface area contributed by atoms with E-state index in [1.54, 1.807) is 6.08 Å². The van der Waals surface area contributed by atoms with Crippen molar-refractivity contribution in [2.75, 3.05) is 13.2 Å². The van der Waals surface area contributed by atoms with Gasteiger partial charge in [0, 0.05) is 12.8 Å². The van der Waals surface area contributed by atoms with Crippen molar-refractivity contribution in [3.05, 3.63) is 48.6 Å². The molecule has 0 aromatic rings. The van der Waals surface area contributed by atoms with Gasteiger partial charge in [-0.2, -0.15) is 0 Å². The number of carbonyl (C=O) groups excluding carboxylic acids is 2. The van der Waals surface area contributed by atoms with E-state index >= 15 is 0 Å². The normalized spacial score (nSPS) is 12.8. The van der Waals surface area contributed by atoms with E-state index in [0.29, 0.717) is 19.4 Å². The highest BCUT2D eigenvalue weighted by Gasteiger charge is 2.18. The van der Waals surface area contributed by atoms with Crippen LogP contribution in [0.1, 0.15) is 367 Å². The third-order valence-electron chi connectivity index (χ3n) is 15.8. The van der Waals surface area contributed by atoms with Crippen LogP contribution < -0.4 is 5.32 Å². The number of aliphatic hydroxyl groups excluding tert-OH is 2. The molecule has 0 bridgehead atoms. The Bertz CT molecular complexity index is 1290. The Morgan fingerprint density at radius 2 is 0.649 bits per heavy atom. The average Bonchev–Trinajstić information content (AvgIpc) is 3.43. The Labute approximate surface area is 480 Å². The summed E-state index contributed by atoms with van der Waals surface area (Å²) >= 11 is 0. The summed E-state index contributed by atoms with van der Waals surface area (Å²) in [7, 11) is 0. The molecule has 6 nitrogen and oxygen atoms in total. The van der Waals surface area contributed by atoms with Gasteiger partial charge >= 0.3 is 5.97 Å². The van der Waals surface area contributed by atoms with Crippen LogP contribution in [0, 0.1) is 0 Å². The van der Waals surface area contributed by atoms with Gasteiger partial charge in [-0.05, 0) is 89.9 Å². The zero-order valence-corrected chi connectivity index (χ0v) is 51.7. The van der Waals surface area contributed by atoms with Gasteiger partial charge in [0.1, 0.15) is 0 Å². The van der Waals surface area contributed by atoms with Crippen molar-refractivity contribution in [3.63, 3.8) is 0 Å². The summed E-state index contributed by atoms with van der Waals surface area (Å²) in [4.78, 5) is 24.5. The van der Waals surface area contributed by atoms with E-state index < -0.39 is 12.1 Å². The maximum atomic E-state index is 12.4. The van der Waals surface area contributed by atoms with Crippen LogP contribution in [-0.2, 0) is 14.3 Å². The highest BCUT2D eigenvalue weighted by Crippen LogP contribution is 2.17. The van der Waals surface area contributed by atoms with E-state index in [2.05, 4.69) is 55.6 Å². The first-order chi connectivity index (χ1) is 38.0. The van der Waals surface area contributed by atoms with Crippen molar-refractivity contribution < 1.29 is 24.5 Å². The fourth-order valence-corrected chi connectivity index (χ4v) is 10.5. The van der Waals surface area contributed by atoms with Gasteiger partial charge in [0.15, 0.2) is 0 Å². The Balaban J connectivity index is 3.36. The number of carbonyl (C=O) groups is 2. The average molecular weight is 1080 g/mol. The number of esters is 1. The highest BCUT2D eigenvalue weighted by atomic mass is 16.5. The minimum Gasteiger partial charge on any atom is -0.466 e. The lowest BCUT2D eigenvalue weighted by Crippen LogP contribution is -2.45. The van der Waals surface area contributed by atoms with Gasteiger partial charge in [-0.25, -0.2) is 0 Å². The summed E-state index contributed by atoms with van der Waals surface area (Å²) in [5, 5.41) is 23.0. The molecule has 0 fully saturated rings. The Morgan fingerprint density at radius 1 is 0.364 bits per heavy atom. The van der Waals surface area contributed by atoms with Crippen LogP contribution in [0.3, 0.4) is 0 Å². The van der Waals surface area contributed by atoms with E-state index in [4.69, 9.17) is 4.74 Å². The van der Waals surface area contributed by atoms with Crippen molar-refractivity contribution in [1.29, 1.82) is 0 Å². The van der Waals surface area contributed by atoms with E-state index in [-0.39, 0.29) is 18.5 Å². The predicted molar refractivity (Wildman–Crippen MR) is 338 cm³/mol. The summed E-state index contributed by atoms with van der Waals surface area (Å²) in [5.41, 5.74) is 0. The number of hydrogen-bond acceptors (Lipinski definition) is 5. The third-order valence-corrected chi connectivity index (χ3v) is 15.8. The van der Waals surface area contributed by atoms with Crippen LogP contribution in [0.15, 0.2) is 48.6 Å². The van der Waals surface area contributed by atoms with Crippen LogP contribution in [0.4, 0.5) is 0 Å². The molecule has 0 aromatic heterocycles. The van der Waals surface area contributed by atoms with Crippen molar-refractivity contribution >= 4 is 11.9 Å². The molecule has 0 aliphatic carbocycles. The number of ether oxygens (including phenoxy) is 1. The van der Waals surface area contributed by atoms with Gasteiger partial charge in [-0.1, -0.05) is 313 Å².